The lowest BCUT2D eigenvalue weighted by Gasteiger charge is -2.02. The van der Waals surface area contributed by atoms with E-state index >= 15 is 0 Å². The third-order valence-electron chi connectivity index (χ3n) is 2.38. The van der Waals surface area contributed by atoms with Crippen molar-refractivity contribution in [1.29, 1.82) is 0 Å². The van der Waals surface area contributed by atoms with Gasteiger partial charge in [-0.05, 0) is 25.1 Å². The Labute approximate surface area is 107 Å². The molecule has 0 atom stereocenters. The van der Waals surface area contributed by atoms with Crippen LogP contribution in [0, 0.1) is 0 Å². The van der Waals surface area contributed by atoms with Crippen molar-refractivity contribution in [2.75, 3.05) is 0 Å². The van der Waals surface area contributed by atoms with Crippen molar-refractivity contribution in [3.05, 3.63) is 58.5 Å². The molecule has 0 unspecified atom stereocenters. The number of rotatable bonds is 2. The Morgan fingerprint density at radius 3 is 2.50 bits per heavy atom. The maximum absolute atomic E-state index is 12.1. The lowest BCUT2D eigenvalue weighted by atomic mass is 10.1. The number of hydrogen-bond acceptors (Lipinski definition) is 2. The lowest BCUT2D eigenvalue weighted by molar-refractivity contribution is 0.589. The molecule has 0 fully saturated rings. The van der Waals surface area contributed by atoms with Crippen LogP contribution in [0.25, 0.3) is 23.1 Å². The lowest BCUT2D eigenvalue weighted by Crippen LogP contribution is -2.07. The van der Waals surface area contributed by atoms with Crippen molar-refractivity contribution in [3.63, 3.8) is 0 Å². The van der Waals surface area contributed by atoms with E-state index in [0.717, 1.165) is 0 Å². The topological polar surface area (TPSA) is 30.2 Å². The van der Waals surface area contributed by atoms with Gasteiger partial charge in [0.2, 0.25) is 5.43 Å². The first-order valence-electron chi connectivity index (χ1n) is 6.09. The van der Waals surface area contributed by atoms with Gasteiger partial charge in [0.15, 0.2) is 0 Å². The number of benzene rings is 1. The third-order valence-corrected chi connectivity index (χ3v) is 2.38. The van der Waals surface area contributed by atoms with Crippen LogP contribution in [0.1, 0.15) is 32.1 Å². The molecule has 0 aliphatic carbocycles. The molecule has 1 heterocycles. The predicted octanol–water partition coefficient (Wildman–Crippen LogP) is 4.50. The Kier molecular flexibility index (Phi) is 5.12. The Morgan fingerprint density at radius 1 is 1.22 bits per heavy atom. The van der Waals surface area contributed by atoms with Crippen molar-refractivity contribution in [2.24, 2.45) is 0 Å². The van der Waals surface area contributed by atoms with Crippen molar-refractivity contribution < 1.29 is 4.42 Å². The molecule has 2 rings (SSSR count). The fraction of sp³-hybridized carbons (Fsp3) is 0.188. The van der Waals surface area contributed by atoms with Gasteiger partial charge in [0.25, 0.3) is 0 Å². The van der Waals surface area contributed by atoms with Crippen LogP contribution in [0.2, 0.25) is 0 Å². The van der Waals surface area contributed by atoms with Crippen molar-refractivity contribution >= 4 is 23.1 Å². The van der Waals surface area contributed by atoms with E-state index in [-0.39, 0.29) is 5.43 Å². The fourth-order valence-electron chi connectivity index (χ4n) is 1.65. The van der Waals surface area contributed by atoms with Crippen LogP contribution < -0.4 is 5.43 Å². The largest absolute Gasteiger partial charge is 0.456 e. The molecule has 0 bridgehead atoms. The molecule has 0 aliphatic rings. The smallest absolute Gasteiger partial charge is 0.200 e. The number of fused-ring (bicyclic) bond motifs is 1. The van der Waals surface area contributed by atoms with Crippen molar-refractivity contribution in [1.82, 2.24) is 0 Å². The van der Waals surface area contributed by atoms with Gasteiger partial charge < -0.3 is 4.42 Å². The third kappa shape index (κ3) is 2.59. The number of allylic oxidation sites excluding steroid dienone is 1. The second-order valence-corrected chi connectivity index (χ2v) is 3.41. The molecule has 0 saturated carbocycles. The zero-order valence-electron chi connectivity index (χ0n) is 11.1. The monoisotopic (exact) mass is 242 g/mol. The summed E-state index contributed by atoms with van der Waals surface area (Å²) in [7, 11) is 0. The first-order chi connectivity index (χ1) is 8.77. The highest BCUT2D eigenvalue weighted by Gasteiger charge is 2.08. The molecule has 2 aromatic rings. The van der Waals surface area contributed by atoms with E-state index in [1.165, 1.54) is 0 Å². The standard InChI is InChI=1S/C14H12O2.C2H6/c1-3-7-10-12(4-2)16-13-9-6-5-8-11(13)14(10)15;1-2/h3-9H,2H2,1H3;1-2H3/b7-3-;. The molecule has 2 nitrogen and oxygen atoms in total. The highest BCUT2D eigenvalue weighted by atomic mass is 16.3. The van der Waals surface area contributed by atoms with Crippen LogP contribution in [0.4, 0.5) is 0 Å². The van der Waals surface area contributed by atoms with E-state index in [1.807, 2.05) is 39.0 Å². The van der Waals surface area contributed by atoms with Gasteiger partial charge in [0, 0.05) is 0 Å². The molecule has 1 aromatic carbocycles. The minimum absolute atomic E-state index is 0.0187. The molecule has 0 aliphatic heterocycles. The summed E-state index contributed by atoms with van der Waals surface area (Å²) >= 11 is 0. The first kappa shape index (κ1) is 14.0. The Bertz CT molecular complexity index is 619. The average molecular weight is 242 g/mol. The summed E-state index contributed by atoms with van der Waals surface area (Å²) < 4.78 is 5.61. The highest BCUT2D eigenvalue weighted by molar-refractivity contribution is 5.80. The van der Waals surface area contributed by atoms with Gasteiger partial charge in [0.05, 0.1) is 10.9 Å². The molecule has 0 radical (unpaired) electrons. The van der Waals surface area contributed by atoms with E-state index in [4.69, 9.17) is 4.42 Å². The van der Waals surface area contributed by atoms with Gasteiger partial charge in [0.1, 0.15) is 11.3 Å². The summed E-state index contributed by atoms with van der Waals surface area (Å²) in [4.78, 5) is 12.1. The Morgan fingerprint density at radius 2 is 1.89 bits per heavy atom. The van der Waals surface area contributed by atoms with Crippen LogP contribution >= 0.6 is 0 Å². The fourth-order valence-corrected chi connectivity index (χ4v) is 1.65. The molecule has 1 aromatic heterocycles. The summed E-state index contributed by atoms with van der Waals surface area (Å²) in [6.45, 7) is 9.52. The SMILES string of the molecule is C=Cc1oc2ccccc2c(=O)c1/C=C\C.CC. The molecule has 0 saturated heterocycles. The number of para-hydroxylation sites is 1. The van der Waals surface area contributed by atoms with Gasteiger partial charge in [-0.2, -0.15) is 0 Å². The predicted molar refractivity (Wildman–Crippen MR) is 78.6 cm³/mol. The van der Waals surface area contributed by atoms with Crippen LogP contribution in [-0.4, -0.2) is 0 Å². The maximum atomic E-state index is 12.1. The first-order valence-corrected chi connectivity index (χ1v) is 6.09. The highest BCUT2D eigenvalue weighted by Crippen LogP contribution is 2.17. The van der Waals surface area contributed by atoms with E-state index in [2.05, 4.69) is 6.58 Å². The minimum atomic E-state index is -0.0187. The second kappa shape index (κ2) is 6.60. The summed E-state index contributed by atoms with van der Waals surface area (Å²) in [6.07, 6.45) is 5.12. The summed E-state index contributed by atoms with van der Waals surface area (Å²) in [5, 5.41) is 0.598. The molecular weight excluding hydrogens is 224 g/mol. The molecule has 18 heavy (non-hydrogen) atoms. The zero-order chi connectivity index (χ0) is 13.5. The molecule has 0 spiro atoms. The molecule has 2 heteroatoms. The van der Waals surface area contributed by atoms with E-state index in [0.29, 0.717) is 22.3 Å². The van der Waals surface area contributed by atoms with Gasteiger partial charge in [-0.3, -0.25) is 4.79 Å². The zero-order valence-corrected chi connectivity index (χ0v) is 11.1. The van der Waals surface area contributed by atoms with Gasteiger partial charge >= 0.3 is 0 Å². The van der Waals surface area contributed by atoms with E-state index < -0.39 is 0 Å². The minimum Gasteiger partial charge on any atom is -0.456 e. The van der Waals surface area contributed by atoms with Crippen molar-refractivity contribution in [3.8, 4) is 0 Å². The van der Waals surface area contributed by atoms with Crippen molar-refractivity contribution in [2.45, 2.75) is 20.8 Å². The normalized spacial score (nSPS) is 10.2. The molecule has 94 valence electrons. The quantitative estimate of drug-likeness (QED) is 0.776. The van der Waals surface area contributed by atoms with Crippen LogP contribution in [-0.2, 0) is 0 Å². The Balaban J connectivity index is 0.000000771. The van der Waals surface area contributed by atoms with Crippen LogP contribution in [0.3, 0.4) is 0 Å². The summed E-state index contributed by atoms with van der Waals surface area (Å²) in [5.41, 5.74) is 1.13. The molecule has 0 amide bonds. The Hall–Kier alpha value is -2.09. The maximum Gasteiger partial charge on any atom is 0.200 e. The van der Waals surface area contributed by atoms with Gasteiger partial charge in [-0.1, -0.05) is 44.7 Å². The van der Waals surface area contributed by atoms with E-state index in [9.17, 15) is 4.79 Å². The van der Waals surface area contributed by atoms with E-state index in [1.54, 1.807) is 24.3 Å². The van der Waals surface area contributed by atoms with Gasteiger partial charge in [-0.15, -0.1) is 0 Å². The molecule has 0 N–H and O–H groups in total. The summed E-state index contributed by atoms with van der Waals surface area (Å²) in [6, 6.07) is 7.21. The van der Waals surface area contributed by atoms with Crippen LogP contribution in [0.15, 0.2) is 46.1 Å². The summed E-state index contributed by atoms with van der Waals surface area (Å²) in [5.74, 6) is 0.516. The molecular formula is C16H18O2. The number of hydrogen-bond donors (Lipinski definition) is 0. The van der Waals surface area contributed by atoms with Crippen LogP contribution in [0.5, 0.6) is 0 Å². The second-order valence-electron chi connectivity index (χ2n) is 3.41. The average Bonchev–Trinajstić information content (AvgIpc) is 2.44. The van der Waals surface area contributed by atoms with Gasteiger partial charge in [-0.25, -0.2) is 0 Å².